The van der Waals surface area contributed by atoms with Gasteiger partial charge in [0.1, 0.15) is 0 Å². The number of hydrogen-bond donors (Lipinski definition) is 1. The van der Waals surface area contributed by atoms with Crippen molar-refractivity contribution in [1.82, 2.24) is 0 Å². The van der Waals surface area contributed by atoms with Crippen LogP contribution in [0, 0.1) is 0 Å². The van der Waals surface area contributed by atoms with Gasteiger partial charge >= 0.3 is 5.97 Å². The van der Waals surface area contributed by atoms with Crippen LogP contribution in [0.5, 0.6) is 0 Å². The topological polar surface area (TPSA) is 82.1 Å². The Bertz CT molecular complexity index is 296. The van der Waals surface area contributed by atoms with E-state index in [9.17, 15) is 9.59 Å². The Kier molecular flexibility index (Phi) is 6.97. The Labute approximate surface area is 113 Å². The van der Waals surface area contributed by atoms with Crippen molar-refractivity contribution >= 4 is 11.8 Å². The molecule has 0 spiro atoms. The Morgan fingerprint density at radius 3 is 2.68 bits per heavy atom. The zero-order chi connectivity index (χ0) is 14.3. The predicted octanol–water partition coefficient (Wildman–Crippen LogP) is 0.801. The number of hydrogen-bond acceptors (Lipinski definition) is 6. The molecule has 1 fully saturated rings. The molecule has 3 unspecified atom stereocenters. The SMILES string of the molecule is COC(=O)C(OC1CCCCO1)C(=O)CCC(C)O. The largest absolute Gasteiger partial charge is 0.467 e. The summed E-state index contributed by atoms with van der Waals surface area (Å²) in [7, 11) is 1.21. The molecule has 1 aliphatic heterocycles. The van der Waals surface area contributed by atoms with Gasteiger partial charge in [0.2, 0.25) is 6.10 Å². The molecular formula is C13H22O6. The van der Waals surface area contributed by atoms with Gasteiger partial charge in [0.15, 0.2) is 12.1 Å². The quantitative estimate of drug-likeness (QED) is 0.546. The van der Waals surface area contributed by atoms with Crippen molar-refractivity contribution < 1.29 is 28.9 Å². The summed E-state index contributed by atoms with van der Waals surface area (Å²) >= 11 is 0. The molecule has 6 nitrogen and oxygen atoms in total. The van der Waals surface area contributed by atoms with E-state index in [0.717, 1.165) is 12.8 Å². The zero-order valence-corrected chi connectivity index (χ0v) is 11.5. The number of methoxy groups -OCH3 is 1. The average molecular weight is 274 g/mol. The number of rotatable bonds is 7. The van der Waals surface area contributed by atoms with Crippen LogP contribution in [0.4, 0.5) is 0 Å². The lowest BCUT2D eigenvalue weighted by Gasteiger charge is -2.26. The molecule has 19 heavy (non-hydrogen) atoms. The van der Waals surface area contributed by atoms with Crippen molar-refractivity contribution in [2.24, 2.45) is 0 Å². The minimum Gasteiger partial charge on any atom is -0.467 e. The first-order valence-corrected chi connectivity index (χ1v) is 6.60. The maximum absolute atomic E-state index is 11.9. The first-order chi connectivity index (χ1) is 9.04. The highest BCUT2D eigenvalue weighted by atomic mass is 16.7. The van der Waals surface area contributed by atoms with Crippen LogP contribution in [-0.2, 0) is 23.8 Å². The lowest BCUT2D eigenvalue weighted by molar-refractivity contribution is -0.202. The van der Waals surface area contributed by atoms with E-state index in [4.69, 9.17) is 14.6 Å². The maximum atomic E-state index is 11.9. The van der Waals surface area contributed by atoms with Crippen LogP contribution in [0.15, 0.2) is 0 Å². The van der Waals surface area contributed by atoms with Gasteiger partial charge < -0.3 is 19.3 Å². The molecule has 0 aromatic heterocycles. The van der Waals surface area contributed by atoms with Crippen LogP contribution in [0.2, 0.25) is 0 Å². The van der Waals surface area contributed by atoms with Crippen LogP contribution >= 0.6 is 0 Å². The Hall–Kier alpha value is -0.980. The maximum Gasteiger partial charge on any atom is 0.342 e. The van der Waals surface area contributed by atoms with Crippen LogP contribution in [0.3, 0.4) is 0 Å². The van der Waals surface area contributed by atoms with Gasteiger partial charge in [-0.05, 0) is 32.6 Å². The van der Waals surface area contributed by atoms with E-state index < -0.39 is 24.5 Å². The second-order valence-corrected chi connectivity index (χ2v) is 4.69. The molecule has 110 valence electrons. The molecule has 1 heterocycles. The summed E-state index contributed by atoms with van der Waals surface area (Å²) in [5, 5.41) is 9.17. The lowest BCUT2D eigenvalue weighted by Crippen LogP contribution is -2.39. The summed E-state index contributed by atoms with van der Waals surface area (Å²) in [6.07, 6.45) is 0.551. The normalized spacial score (nSPS) is 22.6. The molecule has 1 aliphatic rings. The third kappa shape index (κ3) is 5.67. The molecular weight excluding hydrogens is 252 g/mol. The van der Waals surface area contributed by atoms with Gasteiger partial charge in [-0.1, -0.05) is 0 Å². The molecule has 0 amide bonds. The van der Waals surface area contributed by atoms with E-state index in [2.05, 4.69) is 4.74 Å². The minimum atomic E-state index is -1.26. The van der Waals surface area contributed by atoms with Crippen LogP contribution < -0.4 is 0 Å². The number of carbonyl (C=O) groups excluding carboxylic acids is 2. The predicted molar refractivity (Wildman–Crippen MR) is 66.4 cm³/mol. The van der Waals surface area contributed by atoms with E-state index in [0.29, 0.717) is 19.4 Å². The van der Waals surface area contributed by atoms with Crippen molar-refractivity contribution in [2.45, 2.75) is 57.5 Å². The third-order valence-electron chi connectivity index (χ3n) is 2.94. The third-order valence-corrected chi connectivity index (χ3v) is 2.94. The van der Waals surface area contributed by atoms with Crippen molar-refractivity contribution in [3.8, 4) is 0 Å². The van der Waals surface area contributed by atoms with E-state index in [1.165, 1.54) is 7.11 Å². The first-order valence-electron chi connectivity index (χ1n) is 6.60. The lowest BCUT2D eigenvalue weighted by atomic mass is 10.1. The summed E-state index contributed by atoms with van der Waals surface area (Å²) in [5.41, 5.74) is 0. The first kappa shape index (κ1) is 16.1. The minimum absolute atomic E-state index is 0.0736. The standard InChI is InChI=1S/C13H22O6/c1-9(14)6-7-10(15)12(13(16)17-2)19-11-5-3-4-8-18-11/h9,11-12,14H,3-8H2,1-2H3. The Morgan fingerprint density at radius 1 is 1.42 bits per heavy atom. The fourth-order valence-electron chi connectivity index (χ4n) is 1.82. The monoisotopic (exact) mass is 274 g/mol. The highest BCUT2D eigenvalue weighted by Gasteiger charge is 2.32. The Morgan fingerprint density at radius 2 is 2.16 bits per heavy atom. The zero-order valence-electron chi connectivity index (χ0n) is 11.5. The molecule has 6 heteroatoms. The Balaban J connectivity index is 2.54. The van der Waals surface area contributed by atoms with Crippen LogP contribution in [0.25, 0.3) is 0 Å². The van der Waals surface area contributed by atoms with Crippen LogP contribution in [-0.4, -0.2) is 49.1 Å². The number of aliphatic hydroxyl groups is 1. The highest BCUT2D eigenvalue weighted by Crippen LogP contribution is 2.17. The van der Waals surface area contributed by atoms with E-state index in [1.807, 2.05) is 0 Å². The van der Waals surface area contributed by atoms with Crippen molar-refractivity contribution in [1.29, 1.82) is 0 Å². The molecule has 1 rings (SSSR count). The van der Waals surface area contributed by atoms with Gasteiger partial charge in [0, 0.05) is 13.0 Å². The molecule has 0 aromatic rings. The van der Waals surface area contributed by atoms with Crippen molar-refractivity contribution in [3.63, 3.8) is 0 Å². The second kappa shape index (κ2) is 8.24. The molecule has 0 aromatic carbocycles. The average Bonchev–Trinajstić information content (AvgIpc) is 2.42. The number of esters is 1. The van der Waals surface area contributed by atoms with E-state index in [1.54, 1.807) is 6.92 Å². The summed E-state index contributed by atoms with van der Waals surface area (Å²) in [4.78, 5) is 23.5. The smallest absolute Gasteiger partial charge is 0.342 e. The van der Waals surface area contributed by atoms with Gasteiger partial charge in [-0.25, -0.2) is 4.79 Å². The van der Waals surface area contributed by atoms with Gasteiger partial charge in [-0.2, -0.15) is 0 Å². The summed E-state index contributed by atoms with van der Waals surface area (Å²) in [6, 6.07) is 0. The molecule has 0 aliphatic carbocycles. The molecule has 0 saturated carbocycles. The molecule has 1 saturated heterocycles. The summed E-state index contributed by atoms with van der Waals surface area (Å²) in [5.74, 6) is -1.10. The van der Waals surface area contributed by atoms with Gasteiger partial charge in [-0.15, -0.1) is 0 Å². The molecule has 1 N–H and O–H groups in total. The highest BCUT2D eigenvalue weighted by molar-refractivity contribution is 6.01. The van der Waals surface area contributed by atoms with E-state index >= 15 is 0 Å². The van der Waals surface area contributed by atoms with Gasteiger partial charge in [0.25, 0.3) is 0 Å². The number of ketones is 1. The molecule has 0 radical (unpaired) electrons. The van der Waals surface area contributed by atoms with Crippen molar-refractivity contribution in [3.05, 3.63) is 0 Å². The number of ether oxygens (including phenoxy) is 3. The number of carbonyl (C=O) groups is 2. The summed E-state index contributed by atoms with van der Waals surface area (Å²) in [6.45, 7) is 2.16. The number of Topliss-reactive ketones (excluding diaryl/α,β-unsaturated/α-hetero) is 1. The van der Waals surface area contributed by atoms with Crippen molar-refractivity contribution in [2.75, 3.05) is 13.7 Å². The van der Waals surface area contributed by atoms with Crippen LogP contribution in [0.1, 0.15) is 39.0 Å². The second-order valence-electron chi connectivity index (χ2n) is 4.69. The fourth-order valence-corrected chi connectivity index (χ4v) is 1.82. The fraction of sp³-hybridized carbons (Fsp3) is 0.846. The number of aliphatic hydroxyl groups excluding tert-OH is 1. The van der Waals surface area contributed by atoms with E-state index in [-0.39, 0.29) is 12.2 Å². The van der Waals surface area contributed by atoms with Gasteiger partial charge in [0.05, 0.1) is 13.2 Å². The summed E-state index contributed by atoms with van der Waals surface area (Å²) < 4.78 is 15.3. The molecule has 0 bridgehead atoms. The van der Waals surface area contributed by atoms with Gasteiger partial charge in [-0.3, -0.25) is 4.79 Å². The molecule has 3 atom stereocenters.